The van der Waals surface area contributed by atoms with E-state index in [0.29, 0.717) is 13.0 Å². The van der Waals surface area contributed by atoms with Crippen molar-refractivity contribution in [3.05, 3.63) is 0 Å². The summed E-state index contributed by atoms with van der Waals surface area (Å²) < 4.78 is 5.07. The summed E-state index contributed by atoms with van der Waals surface area (Å²) >= 11 is 0. The van der Waals surface area contributed by atoms with Gasteiger partial charge >= 0.3 is 0 Å². The molecule has 1 saturated heterocycles. The van der Waals surface area contributed by atoms with Crippen molar-refractivity contribution in [3.8, 4) is 0 Å². The molecule has 0 bridgehead atoms. The molecule has 1 heterocycles. The maximum absolute atomic E-state index is 10.7. The first-order valence-electron chi connectivity index (χ1n) is 4.49. The van der Waals surface area contributed by atoms with Crippen molar-refractivity contribution >= 4 is 5.78 Å². The molecule has 2 atom stereocenters. The summed E-state index contributed by atoms with van der Waals surface area (Å²) in [6.45, 7) is 2.23. The topological polar surface area (TPSA) is 46.5 Å². The summed E-state index contributed by atoms with van der Waals surface area (Å²) in [5.41, 5.74) is 0. The molecule has 1 N–H and O–H groups in total. The lowest BCUT2D eigenvalue weighted by Crippen LogP contribution is -2.29. The number of carbonyl (C=O) groups excluding carboxylic acids is 1. The van der Waals surface area contributed by atoms with Crippen LogP contribution in [0, 0.1) is 5.92 Å². The van der Waals surface area contributed by atoms with E-state index in [9.17, 15) is 9.90 Å². The van der Waals surface area contributed by atoms with Crippen LogP contribution in [0.1, 0.15) is 32.6 Å². The Morgan fingerprint density at radius 1 is 1.67 bits per heavy atom. The SMILES string of the molecule is CC(=O)CC[C@H]1CCCO[C@H]1O. The predicted octanol–water partition coefficient (Wildman–Crippen LogP) is 1.10. The minimum atomic E-state index is -0.641. The van der Waals surface area contributed by atoms with Gasteiger partial charge in [-0.15, -0.1) is 0 Å². The first kappa shape index (κ1) is 9.68. The monoisotopic (exact) mass is 172 g/mol. The Hall–Kier alpha value is -0.410. The van der Waals surface area contributed by atoms with Crippen molar-refractivity contribution in [2.24, 2.45) is 5.92 Å². The van der Waals surface area contributed by atoms with Gasteiger partial charge in [-0.25, -0.2) is 0 Å². The molecular formula is C9H16O3. The number of hydrogen-bond donors (Lipinski definition) is 1. The molecule has 1 fully saturated rings. The lowest BCUT2D eigenvalue weighted by molar-refractivity contribution is -0.160. The van der Waals surface area contributed by atoms with Crippen LogP contribution in [0.2, 0.25) is 0 Å². The average Bonchev–Trinajstić information content (AvgIpc) is 2.03. The highest BCUT2D eigenvalue weighted by atomic mass is 16.6. The number of aliphatic hydroxyl groups is 1. The van der Waals surface area contributed by atoms with Crippen LogP contribution in [0.3, 0.4) is 0 Å². The van der Waals surface area contributed by atoms with Crippen LogP contribution in [0.15, 0.2) is 0 Å². The van der Waals surface area contributed by atoms with Crippen LogP contribution in [-0.4, -0.2) is 23.8 Å². The van der Waals surface area contributed by atoms with Gasteiger partial charge in [-0.1, -0.05) is 0 Å². The fraction of sp³-hybridized carbons (Fsp3) is 0.889. The second-order valence-electron chi connectivity index (χ2n) is 3.40. The third-order valence-corrected chi connectivity index (χ3v) is 2.28. The number of carbonyl (C=O) groups is 1. The summed E-state index contributed by atoms with van der Waals surface area (Å²) in [6.07, 6.45) is 2.66. The quantitative estimate of drug-likeness (QED) is 0.693. The number of ketones is 1. The van der Waals surface area contributed by atoms with Crippen LogP contribution < -0.4 is 0 Å². The summed E-state index contributed by atoms with van der Waals surface area (Å²) in [5.74, 6) is 0.357. The van der Waals surface area contributed by atoms with Gasteiger partial charge in [0.05, 0.1) is 0 Å². The molecule has 0 aromatic carbocycles. The summed E-state index contributed by atoms with van der Waals surface area (Å²) in [7, 11) is 0. The van der Waals surface area contributed by atoms with Crippen molar-refractivity contribution in [3.63, 3.8) is 0 Å². The fourth-order valence-electron chi connectivity index (χ4n) is 1.50. The zero-order valence-corrected chi connectivity index (χ0v) is 7.45. The molecule has 3 nitrogen and oxygen atoms in total. The molecule has 0 unspecified atom stereocenters. The Morgan fingerprint density at radius 3 is 3.00 bits per heavy atom. The maximum Gasteiger partial charge on any atom is 0.157 e. The van der Waals surface area contributed by atoms with E-state index in [-0.39, 0.29) is 11.7 Å². The minimum Gasteiger partial charge on any atom is -0.368 e. The van der Waals surface area contributed by atoms with Crippen molar-refractivity contribution in [1.82, 2.24) is 0 Å². The van der Waals surface area contributed by atoms with E-state index in [1.165, 1.54) is 0 Å². The Morgan fingerprint density at radius 2 is 2.42 bits per heavy atom. The molecule has 1 aliphatic rings. The third-order valence-electron chi connectivity index (χ3n) is 2.28. The zero-order chi connectivity index (χ0) is 8.97. The fourth-order valence-corrected chi connectivity index (χ4v) is 1.50. The summed E-state index contributed by atoms with van der Waals surface area (Å²) in [6, 6.07) is 0. The second-order valence-corrected chi connectivity index (χ2v) is 3.40. The third kappa shape index (κ3) is 2.91. The predicted molar refractivity (Wildman–Crippen MR) is 44.6 cm³/mol. The molecule has 1 aliphatic heterocycles. The summed E-state index contributed by atoms with van der Waals surface area (Å²) in [5, 5.41) is 9.35. The van der Waals surface area contributed by atoms with Gasteiger partial charge in [-0.3, -0.25) is 0 Å². The van der Waals surface area contributed by atoms with Gasteiger partial charge in [0, 0.05) is 18.9 Å². The molecule has 0 aromatic rings. The first-order chi connectivity index (χ1) is 5.70. The van der Waals surface area contributed by atoms with Crippen molar-refractivity contribution < 1.29 is 14.6 Å². The molecule has 0 radical (unpaired) electrons. The van der Waals surface area contributed by atoms with Crippen molar-refractivity contribution in [2.45, 2.75) is 38.9 Å². The van der Waals surface area contributed by atoms with Crippen LogP contribution >= 0.6 is 0 Å². The largest absolute Gasteiger partial charge is 0.368 e. The van der Waals surface area contributed by atoms with Crippen LogP contribution in [0.4, 0.5) is 0 Å². The van der Waals surface area contributed by atoms with E-state index in [2.05, 4.69) is 0 Å². The van der Waals surface area contributed by atoms with Gasteiger partial charge < -0.3 is 14.6 Å². The van der Waals surface area contributed by atoms with E-state index in [4.69, 9.17) is 4.74 Å². The molecule has 1 rings (SSSR count). The van der Waals surface area contributed by atoms with Gasteiger partial charge in [0.15, 0.2) is 6.29 Å². The van der Waals surface area contributed by atoms with E-state index >= 15 is 0 Å². The average molecular weight is 172 g/mol. The molecule has 0 spiro atoms. The maximum atomic E-state index is 10.7. The van der Waals surface area contributed by atoms with Crippen molar-refractivity contribution in [2.75, 3.05) is 6.61 Å². The highest BCUT2D eigenvalue weighted by molar-refractivity contribution is 5.75. The molecule has 0 saturated carbocycles. The van der Waals surface area contributed by atoms with Gasteiger partial charge in [0.1, 0.15) is 5.78 Å². The van der Waals surface area contributed by atoms with E-state index in [1.807, 2.05) is 0 Å². The molecule has 0 aliphatic carbocycles. The standard InChI is InChI=1S/C9H16O3/c1-7(10)4-5-8-3-2-6-12-9(8)11/h8-9,11H,2-6H2,1H3/t8-,9-/m1/s1. The number of Topliss-reactive ketones (excluding diaryl/α,β-unsaturated/α-hetero) is 1. The van der Waals surface area contributed by atoms with E-state index in [1.54, 1.807) is 6.92 Å². The van der Waals surface area contributed by atoms with Crippen LogP contribution in [-0.2, 0) is 9.53 Å². The van der Waals surface area contributed by atoms with Gasteiger partial charge in [-0.2, -0.15) is 0 Å². The zero-order valence-electron chi connectivity index (χ0n) is 7.45. The number of aliphatic hydroxyl groups excluding tert-OH is 1. The lowest BCUT2D eigenvalue weighted by Gasteiger charge is -2.27. The van der Waals surface area contributed by atoms with Crippen LogP contribution in [0.25, 0.3) is 0 Å². The molecule has 3 heteroatoms. The Bertz CT molecular complexity index is 156. The van der Waals surface area contributed by atoms with E-state index < -0.39 is 6.29 Å². The minimum absolute atomic E-state index is 0.169. The Kier molecular flexibility index (Phi) is 3.69. The smallest absolute Gasteiger partial charge is 0.157 e. The Balaban J connectivity index is 2.24. The molecule has 70 valence electrons. The van der Waals surface area contributed by atoms with E-state index in [0.717, 1.165) is 19.3 Å². The van der Waals surface area contributed by atoms with Gasteiger partial charge in [0.2, 0.25) is 0 Å². The van der Waals surface area contributed by atoms with Crippen molar-refractivity contribution in [1.29, 1.82) is 0 Å². The summed E-state index contributed by atoms with van der Waals surface area (Å²) in [4.78, 5) is 10.7. The van der Waals surface area contributed by atoms with Crippen LogP contribution in [0.5, 0.6) is 0 Å². The second kappa shape index (κ2) is 4.58. The molecule has 0 amide bonds. The number of hydrogen-bond acceptors (Lipinski definition) is 3. The van der Waals surface area contributed by atoms with Gasteiger partial charge in [-0.05, 0) is 26.2 Å². The Labute approximate surface area is 72.7 Å². The molecule has 0 aromatic heterocycles. The lowest BCUT2D eigenvalue weighted by atomic mass is 9.94. The first-order valence-corrected chi connectivity index (χ1v) is 4.49. The molecular weight excluding hydrogens is 156 g/mol. The number of ether oxygens (including phenoxy) is 1. The highest BCUT2D eigenvalue weighted by Crippen LogP contribution is 2.23. The van der Waals surface area contributed by atoms with Gasteiger partial charge in [0.25, 0.3) is 0 Å². The highest BCUT2D eigenvalue weighted by Gasteiger charge is 2.23. The normalized spacial score (nSPS) is 30.2. The number of rotatable bonds is 3. The molecule has 12 heavy (non-hydrogen) atoms.